The van der Waals surface area contributed by atoms with Crippen molar-refractivity contribution >= 4 is 23.2 Å². The minimum atomic E-state index is -0.629. The smallest absolute Gasteiger partial charge is 0.271 e. The average molecular weight is 356 g/mol. The van der Waals surface area contributed by atoms with Crippen LogP contribution in [0.15, 0.2) is 18.6 Å². The van der Waals surface area contributed by atoms with Crippen LogP contribution in [0.3, 0.4) is 0 Å². The van der Waals surface area contributed by atoms with Crippen LogP contribution in [0.25, 0.3) is 0 Å². The molecule has 2 aromatic heterocycles. The van der Waals surface area contributed by atoms with Crippen molar-refractivity contribution in [3.63, 3.8) is 0 Å². The highest BCUT2D eigenvalue weighted by Crippen LogP contribution is 2.35. The van der Waals surface area contributed by atoms with Gasteiger partial charge in [0.05, 0.1) is 24.1 Å². The van der Waals surface area contributed by atoms with E-state index in [1.807, 2.05) is 10.9 Å². The third-order valence-corrected chi connectivity index (χ3v) is 4.94. The number of hydrogen-bond donors (Lipinski definition) is 4. The predicted octanol–water partition coefficient (Wildman–Crippen LogP) is 1.53. The fourth-order valence-electron chi connectivity index (χ4n) is 3.33. The summed E-state index contributed by atoms with van der Waals surface area (Å²) < 4.78 is 1.92. The van der Waals surface area contributed by atoms with Gasteiger partial charge in [-0.15, -0.1) is 0 Å². The monoisotopic (exact) mass is 356 g/mol. The van der Waals surface area contributed by atoms with E-state index in [0.29, 0.717) is 17.7 Å². The van der Waals surface area contributed by atoms with Gasteiger partial charge in [0, 0.05) is 18.3 Å². The Morgan fingerprint density at radius 1 is 1.19 bits per heavy atom. The van der Waals surface area contributed by atoms with E-state index in [9.17, 15) is 4.79 Å². The lowest BCUT2D eigenvalue weighted by Crippen LogP contribution is -2.42. The van der Waals surface area contributed by atoms with Gasteiger partial charge >= 0.3 is 0 Å². The molecular weight excluding hydrogens is 332 g/mol. The molecule has 2 heterocycles. The van der Waals surface area contributed by atoms with Crippen LogP contribution in [0.1, 0.15) is 55.1 Å². The van der Waals surface area contributed by atoms with Gasteiger partial charge < -0.3 is 22.1 Å². The van der Waals surface area contributed by atoms with E-state index in [0.717, 1.165) is 44.2 Å². The van der Waals surface area contributed by atoms with Crippen molar-refractivity contribution in [3.05, 3.63) is 24.3 Å². The SMILES string of the molecule is NC(=O)c1ncc(N[C@@H]2CCCC[C@@H]2N)nc1Nc1cnn(C2CC2)c1. The van der Waals surface area contributed by atoms with E-state index in [-0.39, 0.29) is 17.8 Å². The van der Waals surface area contributed by atoms with Crippen LogP contribution < -0.4 is 22.1 Å². The van der Waals surface area contributed by atoms with E-state index in [2.05, 4.69) is 25.7 Å². The van der Waals surface area contributed by atoms with Crippen molar-refractivity contribution in [2.75, 3.05) is 10.6 Å². The first-order chi connectivity index (χ1) is 12.6. The third kappa shape index (κ3) is 3.62. The van der Waals surface area contributed by atoms with Crippen molar-refractivity contribution in [1.29, 1.82) is 0 Å². The summed E-state index contributed by atoms with van der Waals surface area (Å²) >= 11 is 0. The lowest BCUT2D eigenvalue weighted by Gasteiger charge is -2.29. The number of rotatable bonds is 6. The summed E-state index contributed by atoms with van der Waals surface area (Å²) in [5.41, 5.74) is 12.5. The van der Waals surface area contributed by atoms with E-state index in [1.54, 1.807) is 6.20 Å². The zero-order chi connectivity index (χ0) is 18.1. The van der Waals surface area contributed by atoms with Crippen LogP contribution >= 0.6 is 0 Å². The topological polar surface area (TPSA) is 137 Å². The summed E-state index contributed by atoms with van der Waals surface area (Å²) in [4.78, 5) is 20.4. The van der Waals surface area contributed by atoms with Crippen LogP contribution in [-0.4, -0.2) is 37.7 Å². The fourth-order valence-corrected chi connectivity index (χ4v) is 3.33. The molecule has 0 spiro atoms. The molecule has 0 aromatic carbocycles. The molecule has 0 bridgehead atoms. The Bertz CT molecular complexity index is 800. The molecule has 0 unspecified atom stereocenters. The maximum absolute atomic E-state index is 11.7. The van der Waals surface area contributed by atoms with Crippen molar-refractivity contribution in [1.82, 2.24) is 19.7 Å². The number of anilines is 3. The van der Waals surface area contributed by atoms with Gasteiger partial charge in [-0.05, 0) is 25.7 Å². The number of aromatic nitrogens is 4. The highest BCUT2D eigenvalue weighted by atomic mass is 16.1. The molecule has 4 rings (SSSR count). The Hall–Kier alpha value is -2.68. The Morgan fingerprint density at radius 3 is 2.73 bits per heavy atom. The largest absolute Gasteiger partial charge is 0.364 e. The molecule has 138 valence electrons. The Morgan fingerprint density at radius 2 is 2.00 bits per heavy atom. The second kappa shape index (κ2) is 6.91. The molecule has 2 aliphatic carbocycles. The summed E-state index contributed by atoms with van der Waals surface area (Å²) in [6, 6.07) is 0.727. The summed E-state index contributed by atoms with van der Waals surface area (Å²) in [5, 5.41) is 10.8. The first-order valence-electron chi connectivity index (χ1n) is 9.10. The number of amides is 1. The summed E-state index contributed by atoms with van der Waals surface area (Å²) in [7, 11) is 0. The van der Waals surface area contributed by atoms with Gasteiger partial charge in [0.25, 0.3) is 5.91 Å². The van der Waals surface area contributed by atoms with Crippen molar-refractivity contribution in [3.8, 4) is 0 Å². The van der Waals surface area contributed by atoms with Crippen molar-refractivity contribution < 1.29 is 4.79 Å². The van der Waals surface area contributed by atoms with Crippen LogP contribution in [0, 0.1) is 0 Å². The van der Waals surface area contributed by atoms with Crippen molar-refractivity contribution in [2.24, 2.45) is 11.5 Å². The highest BCUT2D eigenvalue weighted by Gasteiger charge is 2.25. The first-order valence-corrected chi connectivity index (χ1v) is 9.10. The van der Waals surface area contributed by atoms with Gasteiger partial charge in [0.15, 0.2) is 11.5 Å². The molecule has 6 N–H and O–H groups in total. The Balaban J connectivity index is 1.55. The maximum atomic E-state index is 11.7. The zero-order valence-electron chi connectivity index (χ0n) is 14.6. The van der Waals surface area contributed by atoms with E-state index in [1.165, 1.54) is 6.20 Å². The highest BCUT2D eigenvalue weighted by molar-refractivity contribution is 5.96. The van der Waals surface area contributed by atoms with Crippen molar-refractivity contribution in [2.45, 2.75) is 56.7 Å². The number of hydrogen-bond acceptors (Lipinski definition) is 7. The number of nitrogens with one attached hydrogen (secondary N) is 2. The molecule has 9 nitrogen and oxygen atoms in total. The molecule has 0 aliphatic heterocycles. The number of primary amides is 1. The van der Waals surface area contributed by atoms with E-state index in [4.69, 9.17) is 11.5 Å². The zero-order valence-corrected chi connectivity index (χ0v) is 14.6. The normalized spacial score (nSPS) is 22.8. The van der Waals surface area contributed by atoms with Crippen LogP contribution in [0.5, 0.6) is 0 Å². The minimum absolute atomic E-state index is 0.0922. The van der Waals surface area contributed by atoms with E-state index < -0.39 is 5.91 Å². The van der Waals surface area contributed by atoms with Crippen LogP contribution in [-0.2, 0) is 0 Å². The maximum Gasteiger partial charge on any atom is 0.271 e. The van der Waals surface area contributed by atoms with E-state index >= 15 is 0 Å². The number of nitrogens with zero attached hydrogens (tertiary/aromatic N) is 4. The molecule has 1 amide bonds. The average Bonchev–Trinajstić information content (AvgIpc) is 3.37. The van der Waals surface area contributed by atoms with Gasteiger partial charge in [-0.2, -0.15) is 5.10 Å². The number of nitrogens with two attached hydrogens (primary N) is 2. The second-order valence-electron chi connectivity index (χ2n) is 7.08. The van der Waals surface area contributed by atoms with Crippen LogP contribution in [0.2, 0.25) is 0 Å². The predicted molar refractivity (Wildman–Crippen MR) is 98.2 cm³/mol. The molecule has 2 aromatic rings. The molecular formula is C17H24N8O. The van der Waals surface area contributed by atoms with Gasteiger partial charge in [-0.3, -0.25) is 9.48 Å². The molecule has 2 aliphatic rings. The third-order valence-electron chi connectivity index (χ3n) is 4.94. The van der Waals surface area contributed by atoms with Gasteiger partial charge in [-0.1, -0.05) is 12.8 Å². The van der Waals surface area contributed by atoms with Gasteiger partial charge in [-0.25, -0.2) is 9.97 Å². The standard InChI is InChI=1S/C17H24N8O/c18-12-3-1-2-4-13(12)23-14-8-20-15(16(19)26)17(24-14)22-10-7-21-25(9-10)11-5-6-11/h7-9,11-13H,1-6,18H2,(H2,19,26)(H2,22,23,24)/t12-,13+/m0/s1. The number of carbonyl (C=O) groups is 1. The summed E-state index contributed by atoms with van der Waals surface area (Å²) in [6.07, 6.45) is 11.7. The lowest BCUT2D eigenvalue weighted by atomic mass is 9.91. The van der Waals surface area contributed by atoms with Gasteiger partial charge in [0.1, 0.15) is 5.82 Å². The molecule has 2 saturated carbocycles. The lowest BCUT2D eigenvalue weighted by molar-refractivity contribution is 0.0996. The molecule has 26 heavy (non-hydrogen) atoms. The molecule has 2 fully saturated rings. The molecule has 0 saturated heterocycles. The quantitative estimate of drug-likeness (QED) is 0.616. The molecule has 0 radical (unpaired) electrons. The Kier molecular flexibility index (Phi) is 4.46. The molecule has 9 heteroatoms. The van der Waals surface area contributed by atoms with Gasteiger partial charge in [0.2, 0.25) is 0 Å². The second-order valence-corrected chi connectivity index (χ2v) is 7.08. The minimum Gasteiger partial charge on any atom is -0.364 e. The van der Waals surface area contributed by atoms with Crippen LogP contribution in [0.4, 0.5) is 17.3 Å². The fraction of sp³-hybridized carbons (Fsp3) is 0.529. The molecule has 2 atom stereocenters. The number of carbonyl (C=O) groups excluding carboxylic acids is 1. The Labute approximate surface area is 151 Å². The summed E-state index contributed by atoms with van der Waals surface area (Å²) in [5.74, 6) is 0.271. The summed E-state index contributed by atoms with van der Waals surface area (Å²) in [6.45, 7) is 0. The first kappa shape index (κ1) is 16.8.